The number of hydrogen-bond donors (Lipinski definition) is 3. The number of rotatable bonds is 13. The summed E-state index contributed by atoms with van der Waals surface area (Å²) in [6.45, 7) is 19.1. The van der Waals surface area contributed by atoms with Crippen molar-refractivity contribution in [2.45, 2.75) is 130 Å². The summed E-state index contributed by atoms with van der Waals surface area (Å²) in [5.74, 6) is -2.43. The number of hydrogen-bond acceptors (Lipinski definition) is 6. The van der Waals surface area contributed by atoms with Crippen LogP contribution in [0.4, 0.5) is 4.79 Å². The van der Waals surface area contributed by atoms with Crippen molar-refractivity contribution in [2.24, 2.45) is 17.3 Å². The molecule has 0 aromatic rings. The molecule has 3 N–H and O–H groups in total. The molecule has 4 unspecified atom stereocenters. The molecule has 0 bridgehead atoms. The van der Waals surface area contributed by atoms with Gasteiger partial charge in [-0.25, -0.2) is 4.79 Å². The molecule has 1 fully saturated rings. The van der Waals surface area contributed by atoms with Crippen LogP contribution in [-0.2, 0) is 23.9 Å². The van der Waals surface area contributed by atoms with Crippen LogP contribution in [0.2, 0.25) is 0 Å². The van der Waals surface area contributed by atoms with Gasteiger partial charge in [-0.15, -0.1) is 6.58 Å². The van der Waals surface area contributed by atoms with Gasteiger partial charge >= 0.3 is 6.09 Å². The molecule has 4 amide bonds. The maximum Gasteiger partial charge on any atom is 0.408 e. The van der Waals surface area contributed by atoms with Crippen molar-refractivity contribution < 1.29 is 28.7 Å². The highest BCUT2D eigenvalue weighted by Crippen LogP contribution is 2.33. The van der Waals surface area contributed by atoms with E-state index in [-0.39, 0.29) is 18.3 Å². The molecular weight excluding hydrogens is 560 g/mol. The fourth-order valence-electron chi connectivity index (χ4n) is 5.86. The number of carbonyl (C=O) groups excluding carboxylic acids is 5. The van der Waals surface area contributed by atoms with Gasteiger partial charge in [0.2, 0.25) is 17.6 Å². The molecule has 0 saturated carbocycles. The van der Waals surface area contributed by atoms with E-state index >= 15 is 0 Å². The van der Waals surface area contributed by atoms with Crippen LogP contribution in [0, 0.1) is 17.3 Å². The third-order valence-corrected chi connectivity index (χ3v) is 8.26. The average molecular weight is 617 g/mol. The molecule has 0 spiro atoms. The summed E-state index contributed by atoms with van der Waals surface area (Å²) in [6, 6.07) is -2.88. The van der Waals surface area contributed by atoms with Crippen LogP contribution in [0.1, 0.15) is 107 Å². The van der Waals surface area contributed by atoms with E-state index in [9.17, 15) is 24.0 Å². The Morgan fingerprint density at radius 1 is 1.07 bits per heavy atom. The predicted octanol–water partition coefficient (Wildman–Crippen LogP) is 4.83. The zero-order chi connectivity index (χ0) is 33.2. The standard InChI is InChI=1S/C34H56N4O6/c1-10-11-17-25(27(39)30(41)35-20-18-23-15-13-12-14-16-23)36-29(40)26-24(22(2)3)19-21-38(26)31(42)28(33(4,5)6)37-32(43)44-34(7,8)9/h10,15,22,24-26,28H,1,11-14,16-21H2,2-9H3,(H,35,41)(H,36,40)(H,37,43). The lowest BCUT2D eigenvalue weighted by atomic mass is 9.84. The largest absolute Gasteiger partial charge is 0.444 e. The summed E-state index contributed by atoms with van der Waals surface area (Å²) in [5.41, 5.74) is -0.138. The molecule has 2 aliphatic rings. The molecule has 10 nitrogen and oxygen atoms in total. The van der Waals surface area contributed by atoms with Crippen LogP contribution in [0.15, 0.2) is 24.3 Å². The lowest BCUT2D eigenvalue weighted by Crippen LogP contribution is -2.60. The van der Waals surface area contributed by atoms with Crippen molar-refractivity contribution in [3.8, 4) is 0 Å². The SMILES string of the molecule is C=CCCC(NC(=O)C1C(C(C)C)CCN1C(=O)C(NC(=O)OC(C)(C)C)C(C)(C)C)C(=O)C(=O)NCCC1=CCCCC1. The Labute approximate surface area is 264 Å². The van der Waals surface area contributed by atoms with Gasteiger partial charge in [0.1, 0.15) is 17.7 Å². The highest BCUT2D eigenvalue weighted by Gasteiger charge is 2.48. The van der Waals surface area contributed by atoms with Crippen LogP contribution in [0.5, 0.6) is 0 Å². The number of alkyl carbamates (subject to hydrolysis) is 1. The number of likely N-dealkylation sites (tertiary alicyclic amines) is 1. The molecule has 1 aliphatic carbocycles. The van der Waals surface area contributed by atoms with Crippen molar-refractivity contribution in [2.75, 3.05) is 13.1 Å². The highest BCUT2D eigenvalue weighted by atomic mass is 16.6. The Balaban J connectivity index is 2.24. The van der Waals surface area contributed by atoms with E-state index in [2.05, 4.69) is 28.6 Å². The Bertz CT molecular complexity index is 1080. The van der Waals surface area contributed by atoms with Crippen molar-refractivity contribution in [3.63, 3.8) is 0 Å². The Kier molecular flexibility index (Phi) is 13.7. The number of nitrogens with zero attached hydrogens (tertiary/aromatic N) is 1. The number of Topliss-reactive ketones (excluding diaryl/α,β-unsaturated/α-hetero) is 1. The van der Waals surface area contributed by atoms with Gasteiger partial charge in [-0.2, -0.15) is 0 Å². The van der Waals surface area contributed by atoms with Crippen molar-refractivity contribution in [1.29, 1.82) is 0 Å². The first-order valence-corrected chi connectivity index (χ1v) is 16.2. The number of nitrogens with one attached hydrogen (secondary N) is 3. The van der Waals surface area contributed by atoms with Crippen molar-refractivity contribution in [1.82, 2.24) is 20.9 Å². The second kappa shape index (κ2) is 16.2. The normalized spacial score (nSPS) is 20.3. The summed E-state index contributed by atoms with van der Waals surface area (Å²) in [6.07, 6.45) is 9.42. The first-order valence-electron chi connectivity index (χ1n) is 16.2. The van der Waals surface area contributed by atoms with Crippen LogP contribution >= 0.6 is 0 Å². The van der Waals surface area contributed by atoms with E-state index < -0.39 is 58.7 Å². The number of ether oxygens (including phenoxy) is 1. The summed E-state index contributed by atoms with van der Waals surface area (Å²) < 4.78 is 5.42. The predicted molar refractivity (Wildman–Crippen MR) is 172 cm³/mol. The molecule has 2 rings (SSSR count). The Morgan fingerprint density at radius 2 is 1.75 bits per heavy atom. The molecule has 0 aromatic carbocycles. The van der Waals surface area contributed by atoms with Crippen LogP contribution < -0.4 is 16.0 Å². The van der Waals surface area contributed by atoms with Crippen LogP contribution in [0.25, 0.3) is 0 Å². The van der Waals surface area contributed by atoms with Gasteiger partial charge in [0.05, 0.1) is 6.04 Å². The number of amides is 4. The first kappa shape index (κ1) is 37.0. The highest BCUT2D eigenvalue weighted by molar-refractivity contribution is 6.38. The molecular formula is C34H56N4O6. The maximum atomic E-state index is 14.1. The molecule has 1 aliphatic heterocycles. The fourth-order valence-corrected chi connectivity index (χ4v) is 5.86. The van der Waals surface area contributed by atoms with Crippen molar-refractivity contribution in [3.05, 3.63) is 24.3 Å². The molecule has 10 heteroatoms. The lowest BCUT2D eigenvalue weighted by Gasteiger charge is -2.37. The number of ketones is 1. The quantitative estimate of drug-likeness (QED) is 0.201. The van der Waals surface area contributed by atoms with Gasteiger partial charge in [0.25, 0.3) is 5.91 Å². The van der Waals surface area contributed by atoms with Gasteiger partial charge in [-0.05, 0) is 89.4 Å². The molecule has 248 valence electrons. The van der Waals surface area contributed by atoms with Gasteiger partial charge < -0.3 is 25.6 Å². The third-order valence-electron chi connectivity index (χ3n) is 8.26. The smallest absolute Gasteiger partial charge is 0.408 e. The Morgan fingerprint density at radius 3 is 2.30 bits per heavy atom. The molecule has 1 saturated heterocycles. The second-order valence-corrected chi connectivity index (χ2v) is 14.5. The minimum absolute atomic E-state index is 0.0650. The maximum absolute atomic E-state index is 14.1. The average Bonchev–Trinajstić information content (AvgIpc) is 3.38. The molecule has 0 aromatic heterocycles. The lowest BCUT2D eigenvalue weighted by molar-refractivity contribution is -0.145. The summed E-state index contributed by atoms with van der Waals surface area (Å²) in [5, 5.41) is 8.28. The summed E-state index contributed by atoms with van der Waals surface area (Å²) >= 11 is 0. The number of allylic oxidation sites excluding steroid dienone is 2. The summed E-state index contributed by atoms with van der Waals surface area (Å²) in [4.78, 5) is 68.3. The zero-order valence-electron chi connectivity index (χ0n) is 28.2. The first-order chi connectivity index (χ1) is 20.5. The molecule has 0 radical (unpaired) electrons. The Hall–Kier alpha value is -3.17. The molecule has 4 atom stereocenters. The van der Waals surface area contributed by atoms with Gasteiger partial charge in [0.15, 0.2) is 0 Å². The van der Waals surface area contributed by atoms with E-state index in [1.54, 1.807) is 26.8 Å². The van der Waals surface area contributed by atoms with E-state index in [1.807, 2.05) is 34.6 Å². The minimum atomic E-state index is -1.06. The van der Waals surface area contributed by atoms with Gasteiger partial charge in [-0.1, -0.05) is 52.3 Å². The van der Waals surface area contributed by atoms with E-state index in [1.165, 1.54) is 16.9 Å². The van der Waals surface area contributed by atoms with Crippen LogP contribution in [0.3, 0.4) is 0 Å². The fraction of sp³-hybridized carbons (Fsp3) is 0.735. The molecule has 1 heterocycles. The zero-order valence-corrected chi connectivity index (χ0v) is 28.2. The van der Waals surface area contributed by atoms with Crippen LogP contribution in [-0.4, -0.2) is 71.3 Å². The minimum Gasteiger partial charge on any atom is -0.444 e. The third kappa shape index (κ3) is 11.1. The molecule has 44 heavy (non-hydrogen) atoms. The van der Waals surface area contributed by atoms with E-state index in [0.717, 1.165) is 19.3 Å². The van der Waals surface area contributed by atoms with E-state index in [0.29, 0.717) is 32.4 Å². The number of carbonyl (C=O) groups is 5. The van der Waals surface area contributed by atoms with Gasteiger partial charge in [-0.3, -0.25) is 19.2 Å². The monoisotopic (exact) mass is 616 g/mol. The topological polar surface area (TPSA) is 134 Å². The van der Waals surface area contributed by atoms with Crippen molar-refractivity contribution >= 4 is 29.6 Å². The van der Waals surface area contributed by atoms with E-state index in [4.69, 9.17) is 4.74 Å². The second-order valence-electron chi connectivity index (χ2n) is 14.5. The van der Waals surface area contributed by atoms with Gasteiger partial charge in [0, 0.05) is 13.1 Å². The summed E-state index contributed by atoms with van der Waals surface area (Å²) in [7, 11) is 0.